The summed E-state index contributed by atoms with van der Waals surface area (Å²) < 4.78 is 36.1. The van der Waals surface area contributed by atoms with E-state index in [9.17, 15) is 13.2 Å². The summed E-state index contributed by atoms with van der Waals surface area (Å²) in [6, 6.07) is 3.63. The Morgan fingerprint density at radius 2 is 2.12 bits per heavy atom. The molecule has 1 N–H and O–H groups in total. The Bertz CT molecular complexity index is 352. The molecule has 0 aliphatic rings. The van der Waals surface area contributed by atoms with Crippen molar-refractivity contribution >= 4 is 5.69 Å². The van der Waals surface area contributed by atoms with Crippen LogP contribution in [-0.2, 0) is 6.54 Å². The maximum Gasteiger partial charge on any atom is 0.390 e. The number of nitrogens with one attached hydrogen (secondary N) is 1. The number of rotatable bonds is 5. The molecule has 1 rings (SSSR count). The minimum Gasteiger partial charge on any atom is -0.388 e. The van der Waals surface area contributed by atoms with E-state index in [2.05, 4.69) is 10.3 Å². The van der Waals surface area contributed by atoms with E-state index in [0.717, 1.165) is 11.4 Å². The molecule has 0 atom stereocenters. The van der Waals surface area contributed by atoms with Crippen molar-refractivity contribution in [2.75, 3.05) is 26.0 Å². The van der Waals surface area contributed by atoms with E-state index in [1.54, 1.807) is 31.3 Å². The number of hydrogen-bond donors (Lipinski definition) is 1. The lowest BCUT2D eigenvalue weighted by molar-refractivity contribution is -0.137. The van der Waals surface area contributed by atoms with Gasteiger partial charge >= 0.3 is 6.18 Å². The summed E-state index contributed by atoms with van der Waals surface area (Å²) in [5.74, 6) is 0. The molecule has 17 heavy (non-hydrogen) atoms. The Hall–Kier alpha value is -1.30. The Balaban J connectivity index is 2.47. The van der Waals surface area contributed by atoms with Crippen molar-refractivity contribution in [1.29, 1.82) is 0 Å². The molecule has 0 amide bonds. The van der Waals surface area contributed by atoms with Gasteiger partial charge in [0.05, 0.1) is 12.1 Å². The molecule has 1 aromatic rings. The average Bonchev–Trinajstić information content (AvgIpc) is 2.26. The van der Waals surface area contributed by atoms with Gasteiger partial charge in [0.15, 0.2) is 0 Å². The molecule has 1 aromatic heterocycles. The minimum absolute atomic E-state index is 0.0189. The zero-order valence-electron chi connectivity index (χ0n) is 9.88. The number of hydrogen-bond acceptors (Lipinski definition) is 3. The highest BCUT2D eigenvalue weighted by molar-refractivity contribution is 5.42. The molecule has 0 bridgehead atoms. The van der Waals surface area contributed by atoms with Gasteiger partial charge in [0.1, 0.15) is 0 Å². The van der Waals surface area contributed by atoms with Gasteiger partial charge in [0.2, 0.25) is 0 Å². The maximum absolute atomic E-state index is 12.0. The van der Waals surface area contributed by atoms with Crippen LogP contribution in [0.15, 0.2) is 18.3 Å². The number of anilines is 1. The second-order valence-corrected chi connectivity index (χ2v) is 3.89. The first-order valence-electron chi connectivity index (χ1n) is 5.28. The Morgan fingerprint density at radius 1 is 1.41 bits per heavy atom. The Kier molecular flexibility index (Phi) is 4.74. The van der Waals surface area contributed by atoms with Crippen molar-refractivity contribution in [3.05, 3.63) is 24.0 Å². The van der Waals surface area contributed by atoms with Gasteiger partial charge in [-0.05, 0) is 19.2 Å². The number of alkyl halides is 3. The third-order valence-electron chi connectivity index (χ3n) is 2.31. The van der Waals surface area contributed by atoms with E-state index in [1.807, 2.05) is 6.07 Å². The molecule has 3 nitrogen and oxygen atoms in total. The molecule has 0 saturated carbocycles. The van der Waals surface area contributed by atoms with Gasteiger partial charge in [-0.2, -0.15) is 13.2 Å². The topological polar surface area (TPSA) is 28.2 Å². The number of pyridine rings is 1. The number of nitrogens with zero attached hydrogens (tertiary/aromatic N) is 2. The maximum atomic E-state index is 12.0. The van der Waals surface area contributed by atoms with Crippen molar-refractivity contribution in [1.82, 2.24) is 9.88 Å². The second-order valence-electron chi connectivity index (χ2n) is 3.89. The van der Waals surface area contributed by atoms with Gasteiger partial charge in [-0.25, -0.2) is 0 Å². The molecule has 0 aromatic carbocycles. The molecule has 0 unspecified atom stereocenters. The van der Waals surface area contributed by atoms with Crippen LogP contribution in [0.25, 0.3) is 0 Å². The SMILES string of the molecule is CNc1ccnc(CN(C)CCC(F)(F)F)c1. The predicted octanol–water partition coefficient (Wildman–Crippen LogP) is 2.51. The lowest BCUT2D eigenvalue weighted by atomic mass is 10.3. The summed E-state index contributed by atoms with van der Waals surface area (Å²) in [4.78, 5) is 5.72. The van der Waals surface area contributed by atoms with Crippen LogP contribution in [0.2, 0.25) is 0 Å². The fraction of sp³-hybridized carbons (Fsp3) is 0.545. The highest BCUT2D eigenvalue weighted by Gasteiger charge is 2.27. The molecule has 0 saturated heterocycles. The summed E-state index contributed by atoms with van der Waals surface area (Å²) in [5, 5.41) is 2.96. The van der Waals surface area contributed by atoms with Crippen LogP contribution < -0.4 is 5.32 Å². The van der Waals surface area contributed by atoms with E-state index in [-0.39, 0.29) is 6.54 Å². The van der Waals surface area contributed by atoms with Gasteiger partial charge < -0.3 is 10.2 Å². The molecule has 0 spiro atoms. The zero-order valence-corrected chi connectivity index (χ0v) is 9.88. The molecule has 0 aliphatic heterocycles. The van der Waals surface area contributed by atoms with Crippen molar-refractivity contribution in [2.24, 2.45) is 0 Å². The van der Waals surface area contributed by atoms with Gasteiger partial charge in [0.25, 0.3) is 0 Å². The Labute approximate surface area is 98.6 Å². The van der Waals surface area contributed by atoms with E-state index in [0.29, 0.717) is 6.54 Å². The fourth-order valence-electron chi connectivity index (χ4n) is 1.39. The number of aromatic nitrogens is 1. The van der Waals surface area contributed by atoms with Crippen molar-refractivity contribution < 1.29 is 13.2 Å². The van der Waals surface area contributed by atoms with E-state index in [1.165, 1.54) is 0 Å². The normalized spacial score (nSPS) is 11.9. The number of halogens is 3. The lowest BCUT2D eigenvalue weighted by Gasteiger charge is -2.17. The zero-order chi connectivity index (χ0) is 12.9. The monoisotopic (exact) mass is 247 g/mol. The molecule has 0 fully saturated rings. The Morgan fingerprint density at radius 3 is 2.71 bits per heavy atom. The van der Waals surface area contributed by atoms with Crippen LogP contribution in [0.3, 0.4) is 0 Å². The average molecular weight is 247 g/mol. The molecule has 6 heteroatoms. The quantitative estimate of drug-likeness (QED) is 0.866. The summed E-state index contributed by atoms with van der Waals surface area (Å²) in [5.41, 5.74) is 1.65. The standard InChI is InChI=1S/C11H16F3N3/c1-15-9-3-5-16-10(7-9)8-17(2)6-4-11(12,13)14/h3,5,7H,4,6,8H2,1-2H3,(H,15,16). The molecule has 1 heterocycles. The molecule has 96 valence electrons. The van der Waals surface area contributed by atoms with Crippen molar-refractivity contribution in [3.8, 4) is 0 Å². The van der Waals surface area contributed by atoms with Gasteiger partial charge in [-0.15, -0.1) is 0 Å². The van der Waals surface area contributed by atoms with Crippen LogP contribution >= 0.6 is 0 Å². The smallest absolute Gasteiger partial charge is 0.388 e. The highest BCUT2D eigenvalue weighted by atomic mass is 19.4. The predicted molar refractivity (Wildman–Crippen MR) is 60.8 cm³/mol. The largest absolute Gasteiger partial charge is 0.390 e. The lowest BCUT2D eigenvalue weighted by Crippen LogP contribution is -2.24. The van der Waals surface area contributed by atoms with Gasteiger partial charge in [-0.1, -0.05) is 0 Å². The summed E-state index contributed by atoms with van der Waals surface area (Å²) >= 11 is 0. The van der Waals surface area contributed by atoms with Crippen LogP contribution in [0.1, 0.15) is 12.1 Å². The van der Waals surface area contributed by atoms with E-state index in [4.69, 9.17) is 0 Å². The molecule has 0 radical (unpaired) electrons. The summed E-state index contributed by atoms with van der Waals surface area (Å²) in [6.07, 6.45) is -3.26. The van der Waals surface area contributed by atoms with Gasteiger partial charge in [0, 0.05) is 32.0 Å². The van der Waals surface area contributed by atoms with E-state index < -0.39 is 12.6 Å². The first-order chi connectivity index (χ1) is 7.90. The second kappa shape index (κ2) is 5.86. The summed E-state index contributed by atoms with van der Waals surface area (Å²) in [7, 11) is 3.44. The van der Waals surface area contributed by atoms with Gasteiger partial charge in [-0.3, -0.25) is 4.98 Å². The molecular formula is C11H16F3N3. The fourth-order valence-corrected chi connectivity index (χ4v) is 1.39. The third kappa shape index (κ3) is 5.53. The first-order valence-corrected chi connectivity index (χ1v) is 5.28. The van der Waals surface area contributed by atoms with Crippen LogP contribution in [0.4, 0.5) is 18.9 Å². The first kappa shape index (κ1) is 13.8. The van der Waals surface area contributed by atoms with Crippen LogP contribution in [0.5, 0.6) is 0 Å². The summed E-state index contributed by atoms with van der Waals surface area (Å²) in [6.45, 7) is 0.389. The van der Waals surface area contributed by atoms with E-state index >= 15 is 0 Å². The third-order valence-corrected chi connectivity index (χ3v) is 2.31. The molecular weight excluding hydrogens is 231 g/mol. The van der Waals surface area contributed by atoms with Crippen molar-refractivity contribution in [3.63, 3.8) is 0 Å². The van der Waals surface area contributed by atoms with Crippen molar-refractivity contribution in [2.45, 2.75) is 19.1 Å². The van der Waals surface area contributed by atoms with Crippen LogP contribution in [-0.4, -0.2) is 36.7 Å². The molecule has 0 aliphatic carbocycles. The highest BCUT2D eigenvalue weighted by Crippen LogP contribution is 2.19. The van der Waals surface area contributed by atoms with Crippen LogP contribution in [0, 0.1) is 0 Å². The minimum atomic E-state index is -4.10.